The molecule has 0 amide bonds. The molecule has 0 heteroatoms. The van der Waals surface area contributed by atoms with E-state index >= 15 is 0 Å². The van der Waals surface area contributed by atoms with Gasteiger partial charge in [0.05, 0.1) is 0 Å². The Hall–Kier alpha value is -0.520. The van der Waals surface area contributed by atoms with Crippen molar-refractivity contribution in [1.29, 1.82) is 0 Å². The fraction of sp³-hybridized carbons (Fsp3) is 0.800. The van der Waals surface area contributed by atoms with Gasteiger partial charge in [-0.1, -0.05) is 37.1 Å². The third-order valence-electron chi connectivity index (χ3n) is 7.34. The molecule has 0 aromatic heterocycles. The normalized spacial score (nSPS) is 47.8. The van der Waals surface area contributed by atoms with Crippen molar-refractivity contribution in [1.82, 2.24) is 0 Å². The van der Waals surface area contributed by atoms with Crippen LogP contribution in [0.5, 0.6) is 0 Å². The average molecular weight is 270 g/mol. The molecule has 110 valence electrons. The van der Waals surface area contributed by atoms with Crippen LogP contribution in [-0.2, 0) is 0 Å². The highest BCUT2D eigenvalue weighted by atomic mass is 14.5. The van der Waals surface area contributed by atoms with Crippen molar-refractivity contribution in [2.24, 2.45) is 29.1 Å². The molecule has 0 spiro atoms. The first-order valence-corrected chi connectivity index (χ1v) is 8.97. The largest absolute Gasteiger partial charge is 0.0999 e. The summed E-state index contributed by atoms with van der Waals surface area (Å²) in [5.74, 6) is 3.86. The van der Waals surface area contributed by atoms with E-state index in [0.717, 1.165) is 23.7 Å². The van der Waals surface area contributed by atoms with Gasteiger partial charge in [-0.2, -0.15) is 0 Å². The van der Waals surface area contributed by atoms with E-state index in [-0.39, 0.29) is 0 Å². The maximum atomic E-state index is 4.27. The lowest BCUT2D eigenvalue weighted by Crippen LogP contribution is -2.37. The van der Waals surface area contributed by atoms with Gasteiger partial charge >= 0.3 is 0 Å². The van der Waals surface area contributed by atoms with Gasteiger partial charge in [-0.25, -0.2) is 0 Å². The molecular weight excluding hydrogens is 240 g/mol. The minimum atomic E-state index is 0.590. The standard InChI is InChI=1S/C20H30/c1-13-4-7-17-15(10-13)5-9-19-18(17)8-6-16-11-14(2)12-20(16,19)3/h14-17H,1,4-12H2,2-3H3/t14?,15?,16?,17-,20?/m1/s1. The summed E-state index contributed by atoms with van der Waals surface area (Å²) in [6, 6.07) is 0. The Labute approximate surface area is 124 Å². The minimum absolute atomic E-state index is 0.590. The SMILES string of the molecule is C=C1CC[C@H]2C3=C(CCC2C1)C1(C)CC(C)CC1CC3. The summed E-state index contributed by atoms with van der Waals surface area (Å²) in [4.78, 5) is 0. The zero-order chi connectivity index (χ0) is 13.9. The van der Waals surface area contributed by atoms with Crippen molar-refractivity contribution in [2.75, 3.05) is 0 Å². The van der Waals surface area contributed by atoms with E-state index in [1.807, 2.05) is 11.1 Å². The zero-order valence-electron chi connectivity index (χ0n) is 13.4. The Bertz CT molecular complexity index is 468. The lowest BCUT2D eigenvalue weighted by molar-refractivity contribution is 0.184. The first kappa shape index (κ1) is 13.2. The summed E-state index contributed by atoms with van der Waals surface area (Å²) in [6.07, 6.45) is 12.8. The van der Waals surface area contributed by atoms with Crippen LogP contribution in [-0.4, -0.2) is 0 Å². The fourth-order valence-corrected chi connectivity index (χ4v) is 6.53. The van der Waals surface area contributed by atoms with Crippen LogP contribution in [0.2, 0.25) is 0 Å². The topological polar surface area (TPSA) is 0 Å². The summed E-state index contributed by atoms with van der Waals surface area (Å²) in [6.45, 7) is 9.38. The Morgan fingerprint density at radius 3 is 2.80 bits per heavy atom. The summed E-state index contributed by atoms with van der Waals surface area (Å²) < 4.78 is 0. The molecule has 0 aliphatic heterocycles. The summed E-state index contributed by atoms with van der Waals surface area (Å²) in [5, 5.41) is 0. The zero-order valence-corrected chi connectivity index (χ0v) is 13.4. The van der Waals surface area contributed by atoms with Crippen LogP contribution in [0.1, 0.15) is 71.6 Å². The molecule has 0 bridgehead atoms. The Morgan fingerprint density at radius 1 is 1.10 bits per heavy atom. The lowest BCUT2D eigenvalue weighted by atomic mass is 9.56. The van der Waals surface area contributed by atoms with Gasteiger partial charge in [0.1, 0.15) is 0 Å². The van der Waals surface area contributed by atoms with E-state index in [1.165, 1.54) is 63.4 Å². The van der Waals surface area contributed by atoms with E-state index in [0.29, 0.717) is 5.41 Å². The van der Waals surface area contributed by atoms with Crippen LogP contribution >= 0.6 is 0 Å². The van der Waals surface area contributed by atoms with Crippen LogP contribution in [0.15, 0.2) is 23.3 Å². The third-order valence-corrected chi connectivity index (χ3v) is 7.34. The van der Waals surface area contributed by atoms with E-state index < -0.39 is 0 Å². The molecule has 0 heterocycles. The van der Waals surface area contributed by atoms with Crippen LogP contribution in [0.4, 0.5) is 0 Å². The number of fused-ring (bicyclic) bond motifs is 4. The Balaban J connectivity index is 1.70. The van der Waals surface area contributed by atoms with Crippen molar-refractivity contribution < 1.29 is 0 Å². The molecule has 2 saturated carbocycles. The monoisotopic (exact) mass is 270 g/mol. The second-order valence-electron chi connectivity index (χ2n) is 8.60. The number of rotatable bonds is 0. The van der Waals surface area contributed by atoms with E-state index in [4.69, 9.17) is 0 Å². The lowest BCUT2D eigenvalue weighted by Gasteiger charge is -2.49. The third kappa shape index (κ3) is 1.79. The smallest absolute Gasteiger partial charge is 0.00826 e. The van der Waals surface area contributed by atoms with E-state index in [1.54, 1.807) is 0 Å². The maximum Gasteiger partial charge on any atom is -0.00826 e. The maximum absolute atomic E-state index is 4.27. The van der Waals surface area contributed by atoms with Crippen molar-refractivity contribution in [2.45, 2.75) is 71.6 Å². The average Bonchev–Trinajstić information content (AvgIpc) is 2.72. The van der Waals surface area contributed by atoms with Crippen molar-refractivity contribution in [3.8, 4) is 0 Å². The Morgan fingerprint density at radius 2 is 1.95 bits per heavy atom. The van der Waals surface area contributed by atoms with Crippen LogP contribution in [0, 0.1) is 29.1 Å². The van der Waals surface area contributed by atoms with Crippen LogP contribution in [0.3, 0.4) is 0 Å². The van der Waals surface area contributed by atoms with Gasteiger partial charge in [-0.15, -0.1) is 0 Å². The highest BCUT2D eigenvalue weighted by Gasteiger charge is 2.50. The molecule has 4 unspecified atom stereocenters. The van der Waals surface area contributed by atoms with Gasteiger partial charge in [0.25, 0.3) is 0 Å². The number of allylic oxidation sites excluding steroid dienone is 3. The molecule has 0 N–H and O–H groups in total. The van der Waals surface area contributed by atoms with E-state index in [9.17, 15) is 0 Å². The van der Waals surface area contributed by atoms with Gasteiger partial charge in [0, 0.05) is 0 Å². The predicted molar refractivity (Wildman–Crippen MR) is 85.5 cm³/mol. The number of hydrogen-bond acceptors (Lipinski definition) is 0. The molecule has 0 radical (unpaired) electrons. The molecule has 0 nitrogen and oxygen atoms in total. The van der Waals surface area contributed by atoms with Gasteiger partial charge in [0.15, 0.2) is 0 Å². The van der Waals surface area contributed by atoms with Crippen LogP contribution in [0.25, 0.3) is 0 Å². The second-order valence-corrected chi connectivity index (χ2v) is 8.60. The second kappa shape index (κ2) is 4.49. The minimum Gasteiger partial charge on any atom is -0.0999 e. The summed E-state index contributed by atoms with van der Waals surface area (Å²) in [7, 11) is 0. The molecule has 4 aliphatic carbocycles. The molecule has 4 rings (SSSR count). The highest BCUT2D eigenvalue weighted by Crippen LogP contribution is 2.61. The van der Waals surface area contributed by atoms with Crippen molar-refractivity contribution >= 4 is 0 Å². The van der Waals surface area contributed by atoms with Crippen molar-refractivity contribution in [3.05, 3.63) is 23.3 Å². The highest BCUT2D eigenvalue weighted by molar-refractivity contribution is 5.33. The predicted octanol–water partition coefficient (Wildman–Crippen LogP) is 5.90. The molecule has 2 fully saturated rings. The molecule has 5 atom stereocenters. The molecule has 0 aromatic rings. The number of hydrogen-bond donors (Lipinski definition) is 0. The van der Waals surface area contributed by atoms with Gasteiger partial charge in [-0.05, 0) is 86.9 Å². The quantitative estimate of drug-likeness (QED) is 0.481. The van der Waals surface area contributed by atoms with Crippen molar-refractivity contribution in [3.63, 3.8) is 0 Å². The van der Waals surface area contributed by atoms with Gasteiger partial charge in [0.2, 0.25) is 0 Å². The fourth-order valence-electron chi connectivity index (χ4n) is 6.53. The van der Waals surface area contributed by atoms with Gasteiger partial charge < -0.3 is 0 Å². The Kier molecular flexibility index (Phi) is 2.95. The molecule has 4 aliphatic rings. The molecule has 20 heavy (non-hydrogen) atoms. The molecule has 0 aromatic carbocycles. The molecule has 0 saturated heterocycles. The van der Waals surface area contributed by atoms with Gasteiger partial charge in [-0.3, -0.25) is 0 Å². The summed E-state index contributed by atoms with van der Waals surface area (Å²) >= 11 is 0. The van der Waals surface area contributed by atoms with E-state index in [2.05, 4.69) is 20.4 Å². The first-order valence-electron chi connectivity index (χ1n) is 8.97. The first-order chi connectivity index (χ1) is 9.58. The summed E-state index contributed by atoms with van der Waals surface area (Å²) in [5.41, 5.74) is 6.02. The van der Waals surface area contributed by atoms with Crippen LogP contribution < -0.4 is 0 Å². The molecular formula is C20H30.